The standard InChI is InChI=1S/C15H21N5O/c1-11-4-2-3-5-15(11,10-16)19-14(21)12-8-18-20-7-6-17-9-13(12)20/h6-9,11H,2-5,10,16H2,1H3,(H,19,21). The van der Waals surface area contributed by atoms with Gasteiger partial charge in [-0.2, -0.15) is 5.10 Å². The Morgan fingerprint density at radius 1 is 1.52 bits per heavy atom. The van der Waals surface area contributed by atoms with E-state index >= 15 is 0 Å². The van der Waals surface area contributed by atoms with E-state index in [2.05, 4.69) is 22.3 Å². The predicted molar refractivity (Wildman–Crippen MR) is 79.9 cm³/mol. The van der Waals surface area contributed by atoms with E-state index in [9.17, 15) is 4.79 Å². The highest BCUT2D eigenvalue weighted by molar-refractivity contribution is 6.00. The number of nitrogens with zero attached hydrogens (tertiary/aromatic N) is 3. The molecule has 2 unspecified atom stereocenters. The number of carbonyl (C=O) groups is 1. The summed E-state index contributed by atoms with van der Waals surface area (Å²) < 4.78 is 1.65. The Morgan fingerprint density at radius 2 is 2.38 bits per heavy atom. The Hall–Kier alpha value is -1.95. The van der Waals surface area contributed by atoms with Crippen molar-refractivity contribution in [3.63, 3.8) is 0 Å². The van der Waals surface area contributed by atoms with E-state index in [-0.39, 0.29) is 11.4 Å². The summed E-state index contributed by atoms with van der Waals surface area (Å²) in [6.07, 6.45) is 11.0. The molecule has 0 bridgehead atoms. The highest BCUT2D eigenvalue weighted by atomic mass is 16.1. The van der Waals surface area contributed by atoms with E-state index in [0.29, 0.717) is 23.5 Å². The highest BCUT2D eigenvalue weighted by Crippen LogP contribution is 2.33. The zero-order chi connectivity index (χ0) is 14.9. The number of fused-ring (bicyclic) bond motifs is 1. The van der Waals surface area contributed by atoms with Crippen LogP contribution in [-0.4, -0.2) is 32.6 Å². The van der Waals surface area contributed by atoms with Gasteiger partial charge in [-0.1, -0.05) is 19.8 Å². The first-order valence-corrected chi connectivity index (χ1v) is 7.46. The Labute approximate surface area is 123 Å². The van der Waals surface area contributed by atoms with Gasteiger partial charge in [-0.05, 0) is 18.8 Å². The first-order valence-electron chi connectivity index (χ1n) is 7.46. The van der Waals surface area contributed by atoms with Crippen molar-refractivity contribution in [1.82, 2.24) is 19.9 Å². The molecule has 6 nitrogen and oxygen atoms in total. The van der Waals surface area contributed by atoms with Gasteiger partial charge >= 0.3 is 0 Å². The van der Waals surface area contributed by atoms with Crippen LogP contribution < -0.4 is 11.1 Å². The molecule has 0 aromatic carbocycles. The lowest BCUT2D eigenvalue weighted by molar-refractivity contribution is 0.0814. The van der Waals surface area contributed by atoms with E-state index in [1.165, 1.54) is 6.42 Å². The molecule has 112 valence electrons. The minimum atomic E-state index is -0.300. The fourth-order valence-corrected chi connectivity index (χ4v) is 3.26. The summed E-state index contributed by atoms with van der Waals surface area (Å²) in [5.74, 6) is 0.275. The molecule has 2 aromatic heterocycles. The van der Waals surface area contributed by atoms with Gasteiger partial charge in [0.1, 0.15) is 0 Å². The smallest absolute Gasteiger partial charge is 0.255 e. The molecule has 0 radical (unpaired) electrons. The van der Waals surface area contributed by atoms with Crippen LogP contribution >= 0.6 is 0 Å². The zero-order valence-corrected chi connectivity index (χ0v) is 12.2. The molecular formula is C15H21N5O. The van der Waals surface area contributed by atoms with Gasteiger partial charge in [0.25, 0.3) is 5.91 Å². The Bertz CT molecular complexity index is 652. The molecule has 3 rings (SSSR count). The second kappa shape index (κ2) is 5.44. The molecule has 0 aliphatic heterocycles. The van der Waals surface area contributed by atoms with Gasteiger partial charge in [0, 0.05) is 18.9 Å². The molecule has 2 atom stereocenters. The summed E-state index contributed by atoms with van der Waals surface area (Å²) in [4.78, 5) is 16.7. The van der Waals surface area contributed by atoms with E-state index in [4.69, 9.17) is 5.73 Å². The number of aromatic nitrogens is 3. The van der Waals surface area contributed by atoms with Gasteiger partial charge < -0.3 is 11.1 Å². The third-order valence-electron chi connectivity index (χ3n) is 4.75. The van der Waals surface area contributed by atoms with Gasteiger partial charge in [-0.15, -0.1) is 0 Å². The monoisotopic (exact) mass is 287 g/mol. The fraction of sp³-hybridized carbons (Fsp3) is 0.533. The van der Waals surface area contributed by atoms with Crippen molar-refractivity contribution in [3.05, 3.63) is 30.4 Å². The van der Waals surface area contributed by atoms with Crippen LogP contribution in [0.15, 0.2) is 24.8 Å². The van der Waals surface area contributed by atoms with Crippen molar-refractivity contribution >= 4 is 11.4 Å². The van der Waals surface area contributed by atoms with Gasteiger partial charge in [-0.3, -0.25) is 9.78 Å². The van der Waals surface area contributed by atoms with Crippen molar-refractivity contribution in [2.75, 3.05) is 6.54 Å². The van der Waals surface area contributed by atoms with Gasteiger partial charge in [0.15, 0.2) is 0 Å². The molecule has 2 heterocycles. The molecule has 3 N–H and O–H groups in total. The maximum absolute atomic E-state index is 12.6. The Balaban J connectivity index is 1.88. The van der Waals surface area contributed by atoms with Crippen molar-refractivity contribution in [2.24, 2.45) is 11.7 Å². The van der Waals surface area contributed by atoms with Crippen molar-refractivity contribution in [2.45, 2.75) is 38.1 Å². The number of hydrogen-bond acceptors (Lipinski definition) is 4. The summed E-state index contributed by atoms with van der Waals surface area (Å²) in [7, 11) is 0. The summed E-state index contributed by atoms with van der Waals surface area (Å²) in [5, 5.41) is 7.37. The first kappa shape index (κ1) is 14.0. The van der Waals surface area contributed by atoms with Gasteiger partial charge in [0.2, 0.25) is 0 Å². The largest absolute Gasteiger partial charge is 0.345 e. The van der Waals surface area contributed by atoms with Crippen LogP contribution in [0.25, 0.3) is 5.52 Å². The third kappa shape index (κ3) is 2.40. The molecule has 1 fully saturated rings. The highest BCUT2D eigenvalue weighted by Gasteiger charge is 2.38. The topological polar surface area (TPSA) is 85.3 Å². The average molecular weight is 287 g/mol. The molecule has 1 saturated carbocycles. The third-order valence-corrected chi connectivity index (χ3v) is 4.75. The van der Waals surface area contributed by atoms with E-state index in [1.54, 1.807) is 29.3 Å². The minimum Gasteiger partial charge on any atom is -0.345 e. The maximum Gasteiger partial charge on any atom is 0.255 e. The van der Waals surface area contributed by atoms with E-state index in [0.717, 1.165) is 19.3 Å². The molecule has 1 aliphatic carbocycles. The molecule has 2 aromatic rings. The lowest BCUT2D eigenvalue weighted by Gasteiger charge is -2.42. The number of nitrogens with two attached hydrogens (primary N) is 1. The number of rotatable bonds is 3. The SMILES string of the molecule is CC1CCCCC1(CN)NC(=O)c1cnn2ccncc12. The second-order valence-electron chi connectivity index (χ2n) is 5.93. The van der Waals surface area contributed by atoms with Gasteiger partial charge in [-0.25, -0.2) is 4.52 Å². The van der Waals surface area contributed by atoms with Crippen LogP contribution in [0.3, 0.4) is 0 Å². The Morgan fingerprint density at radius 3 is 3.14 bits per heavy atom. The fourth-order valence-electron chi connectivity index (χ4n) is 3.26. The normalized spacial score (nSPS) is 25.9. The molecule has 0 saturated heterocycles. The predicted octanol–water partition coefficient (Wildman–Crippen LogP) is 1.37. The summed E-state index contributed by atoms with van der Waals surface area (Å²) in [6.45, 7) is 2.64. The lowest BCUT2D eigenvalue weighted by Crippen LogP contribution is -2.59. The lowest BCUT2D eigenvalue weighted by atomic mass is 9.73. The zero-order valence-electron chi connectivity index (χ0n) is 12.2. The maximum atomic E-state index is 12.6. The molecule has 21 heavy (non-hydrogen) atoms. The molecule has 6 heteroatoms. The summed E-state index contributed by atoms with van der Waals surface area (Å²) in [5.41, 5.74) is 6.96. The van der Waals surface area contributed by atoms with Crippen molar-refractivity contribution in [1.29, 1.82) is 0 Å². The van der Waals surface area contributed by atoms with Crippen molar-refractivity contribution < 1.29 is 4.79 Å². The molecule has 1 aliphatic rings. The number of amides is 1. The summed E-state index contributed by atoms with van der Waals surface area (Å²) in [6, 6.07) is 0. The average Bonchev–Trinajstić information content (AvgIpc) is 2.94. The van der Waals surface area contributed by atoms with Crippen molar-refractivity contribution in [3.8, 4) is 0 Å². The van der Waals surface area contributed by atoms with Crippen LogP contribution in [0, 0.1) is 5.92 Å². The van der Waals surface area contributed by atoms with Crippen LogP contribution in [0.5, 0.6) is 0 Å². The quantitative estimate of drug-likeness (QED) is 0.892. The number of nitrogens with one attached hydrogen (secondary N) is 1. The first-order chi connectivity index (χ1) is 10.2. The van der Waals surface area contributed by atoms with Crippen LogP contribution in [0.4, 0.5) is 0 Å². The number of hydrogen-bond donors (Lipinski definition) is 2. The molecule has 1 amide bonds. The van der Waals surface area contributed by atoms with E-state index in [1.807, 2.05) is 0 Å². The van der Waals surface area contributed by atoms with Gasteiger partial charge in [0.05, 0.1) is 29.0 Å². The molecular weight excluding hydrogens is 266 g/mol. The van der Waals surface area contributed by atoms with Crippen LogP contribution in [-0.2, 0) is 0 Å². The summed E-state index contributed by atoms with van der Waals surface area (Å²) >= 11 is 0. The minimum absolute atomic E-state index is 0.114. The second-order valence-corrected chi connectivity index (χ2v) is 5.93. The van der Waals surface area contributed by atoms with E-state index < -0.39 is 0 Å². The molecule has 0 spiro atoms. The van der Waals surface area contributed by atoms with Crippen LogP contribution in [0.1, 0.15) is 43.0 Å². The van der Waals surface area contributed by atoms with Crippen LogP contribution in [0.2, 0.25) is 0 Å². The number of carbonyl (C=O) groups excluding carboxylic acids is 1. The Kier molecular flexibility index (Phi) is 3.63.